The average Bonchev–Trinajstić information content (AvgIpc) is 3.76. The van der Waals surface area contributed by atoms with Gasteiger partial charge < -0.3 is 15.2 Å². The van der Waals surface area contributed by atoms with Crippen molar-refractivity contribution in [2.24, 2.45) is 5.92 Å². The van der Waals surface area contributed by atoms with E-state index < -0.39 is 28.0 Å². The molecule has 3 heterocycles. The summed E-state index contributed by atoms with van der Waals surface area (Å²) < 4.78 is 34.0. The van der Waals surface area contributed by atoms with Crippen molar-refractivity contribution < 1.29 is 27.9 Å². The summed E-state index contributed by atoms with van der Waals surface area (Å²) in [5.41, 5.74) is 2.60. The Morgan fingerprint density at radius 1 is 1.16 bits per heavy atom. The quantitative estimate of drug-likeness (QED) is 0.177. The summed E-state index contributed by atoms with van der Waals surface area (Å²) in [4.78, 5) is 34.6. The molecule has 14 heteroatoms. The van der Waals surface area contributed by atoms with Crippen LogP contribution in [0.2, 0.25) is 0 Å². The van der Waals surface area contributed by atoms with Crippen molar-refractivity contribution >= 4 is 48.7 Å². The molecule has 0 radical (unpaired) electrons. The highest BCUT2D eigenvalue weighted by atomic mass is 32.2. The highest BCUT2D eigenvalue weighted by Gasteiger charge is 2.33. The fourth-order valence-electron chi connectivity index (χ4n) is 5.67. The van der Waals surface area contributed by atoms with E-state index in [2.05, 4.69) is 25.5 Å². The summed E-state index contributed by atoms with van der Waals surface area (Å²) in [6, 6.07) is 10.9. The number of aryl methyl sites for hydroxylation is 1. The van der Waals surface area contributed by atoms with Gasteiger partial charge in [0.05, 0.1) is 36.1 Å². The largest absolute Gasteiger partial charge is 0.481 e. The van der Waals surface area contributed by atoms with E-state index >= 15 is 0 Å². The van der Waals surface area contributed by atoms with Gasteiger partial charge in [0.2, 0.25) is 21.8 Å². The summed E-state index contributed by atoms with van der Waals surface area (Å²) >= 11 is 1.26. The lowest BCUT2D eigenvalue weighted by atomic mass is 9.87. The Hall–Kier alpha value is -3.88. The van der Waals surface area contributed by atoms with E-state index in [1.165, 1.54) is 30.6 Å². The minimum absolute atomic E-state index is 0.0111. The zero-order chi connectivity index (χ0) is 31.4. The Bertz CT molecular complexity index is 1730. The number of amides is 1. The van der Waals surface area contributed by atoms with E-state index in [0.717, 1.165) is 35.7 Å². The minimum Gasteiger partial charge on any atom is -0.481 e. The monoisotopic (exact) mass is 640 g/mol. The van der Waals surface area contributed by atoms with Crippen LogP contribution < -0.4 is 10.1 Å². The first-order valence-electron chi connectivity index (χ1n) is 14.5. The lowest BCUT2D eigenvalue weighted by molar-refractivity contribution is -0.137. The second-order valence-corrected chi connectivity index (χ2v) is 14.0. The normalized spacial score (nSPS) is 15.5. The number of nitrogens with one attached hydrogen (secondary N) is 2. The van der Waals surface area contributed by atoms with Gasteiger partial charge in [-0.05, 0) is 56.0 Å². The fourth-order valence-corrected chi connectivity index (χ4v) is 8.11. The van der Waals surface area contributed by atoms with Gasteiger partial charge in [-0.2, -0.15) is 9.40 Å². The molecule has 2 atom stereocenters. The number of fused-ring (bicyclic) bond motifs is 1. The minimum atomic E-state index is -4.10. The second kappa shape index (κ2) is 13.4. The lowest BCUT2D eigenvalue weighted by Gasteiger charge is -2.27. The highest BCUT2D eigenvalue weighted by Crippen LogP contribution is 2.36. The maximum absolute atomic E-state index is 13.8. The van der Waals surface area contributed by atoms with Gasteiger partial charge in [-0.25, -0.2) is 18.4 Å². The van der Waals surface area contributed by atoms with Crippen molar-refractivity contribution in [1.82, 2.24) is 24.5 Å². The van der Waals surface area contributed by atoms with Gasteiger partial charge in [0.1, 0.15) is 10.3 Å². The molecule has 4 aromatic rings. The number of aromatic nitrogens is 4. The predicted molar refractivity (Wildman–Crippen MR) is 166 cm³/mol. The number of H-pyrrole nitrogens is 1. The number of anilines is 1. The van der Waals surface area contributed by atoms with E-state index in [0.29, 0.717) is 45.0 Å². The number of benzene rings is 1. The first kappa shape index (κ1) is 31.5. The number of sulfonamides is 1. The molecule has 1 saturated carbocycles. The number of carbonyl (C=O) groups excluding carboxylic acids is 1. The summed E-state index contributed by atoms with van der Waals surface area (Å²) in [5, 5.41) is 19.7. The fraction of sp³-hybridized carbons (Fsp3) is 0.433. The van der Waals surface area contributed by atoms with Crippen molar-refractivity contribution in [1.29, 1.82) is 0 Å². The van der Waals surface area contributed by atoms with Crippen LogP contribution in [0.25, 0.3) is 10.3 Å². The third-order valence-electron chi connectivity index (χ3n) is 8.05. The molecule has 1 amide bonds. The number of hydrogen-bond acceptors (Lipinski definition) is 9. The molecule has 2 unspecified atom stereocenters. The number of ether oxygens (including phenoxy) is 1. The van der Waals surface area contributed by atoms with Crippen LogP contribution >= 0.6 is 11.3 Å². The molecule has 5 rings (SSSR count). The van der Waals surface area contributed by atoms with Gasteiger partial charge in [-0.3, -0.25) is 14.7 Å². The van der Waals surface area contributed by atoms with Crippen LogP contribution in [0.3, 0.4) is 0 Å². The lowest BCUT2D eigenvalue weighted by Crippen LogP contribution is -2.35. The number of pyridine rings is 1. The Balaban J connectivity index is 1.41. The summed E-state index contributed by atoms with van der Waals surface area (Å²) in [6.07, 6.45) is 4.62. The molecule has 0 aliphatic heterocycles. The Morgan fingerprint density at radius 3 is 2.52 bits per heavy atom. The van der Waals surface area contributed by atoms with Crippen LogP contribution in [0, 0.1) is 12.8 Å². The van der Waals surface area contributed by atoms with Crippen molar-refractivity contribution in [2.45, 2.75) is 69.2 Å². The van der Waals surface area contributed by atoms with Crippen LogP contribution in [-0.2, 0) is 19.6 Å². The molecule has 12 nitrogen and oxygen atoms in total. The van der Waals surface area contributed by atoms with Crippen LogP contribution in [0.4, 0.5) is 5.13 Å². The summed E-state index contributed by atoms with van der Waals surface area (Å²) in [6.45, 7) is 3.27. The molecule has 0 bridgehead atoms. The van der Waals surface area contributed by atoms with Gasteiger partial charge >= 0.3 is 5.97 Å². The molecule has 1 aliphatic rings. The smallest absolute Gasteiger partial charge is 0.304 e. The number of rotatable bonds is 13. The molecule has 0 saturated heterocycles. The molecule has 0 spiro atoms. The van der Waals surface area contributed by atoms with E-state index in [4.69, 9.17) is 4.74 Å². The van der Waals surface area contributed by atoms with Crippen molar-refractivity contribution in [3.63, 3.8) is 0 Å². The third-order valence-corrected chi connectivity index (χ3v) is 10.9. The predicted octanol–water partition coefficient (Wildman–Crippen LogP) is 5.26. The number of aromatic amines is 1. The van der Waals surface area contributed by atoms with Crippen LogP contribution in [0.15, 0.2) is 47.4 Å². The molecular formula is C30H36N6O6S2. The highest BCUT2D eigenvalue weighted by molar-refractivity contribution is 7.89. The van der Waals surface area contributed by atoms with E-state index in [-0.39, 0.29) is 23.8 Å². The summed E-state index contributed by atoms with van der Waals surface area (Å²) in [5.74, 6) is -0.985. The van der Waals surface area contributed by atoms with Crippen LogP contribution in [-0.4, -0.2) is 63.5 Å². The number of thiazole rings is 1. The Labute approximate surface area is 259 Å². The molecule has 1 aromatic carbocycles. The zero-order valence-electron chi connectivity index (χ0n) is 24.8. The Kier molecular flexibility index (Phi) is 9.61. The van der Waals surface area contributed by atoms with Crippen molar-refractivity contribution in [3.05, 3.63) is 59.4 Å². The maximum atomic E-state index is 13.8. The molecule has 1 fully saturated rings. The number of carboxylic acids is 1. The van der Waals surface area contributed by atoms with Gasteiger partial charge in [0, 0.05) is 18.3 Å². The van der Waals surface area contributed by atoms with Gasteiger partial charge in [-0.1, -0.05) is 49.2 Å². The SMILES string of the molecule is COc1ccc2nc(NC(=O)C(CC3CCCC3)c3ccc(S(=O)(=O)N(CCC(=O)O)C(C)c4cc(C)[nH]n4)cc3)sc2n1. The first-order valence-corrected chi connectivity index (χ1v) is 16.8. The number of methoxy groups -OCH3 is 1. The van der Waals surface area contributed by atoms with Crippen LogP contribution in [0.1, 0.15) is 74.4 Å². The van der Waals surface area contributed by atoms with Crippen molar-refractivity contribution in [3.8, 4) is 5.88 Å². The molecule has 44 heavy (non-hydrogen) atoms. The second-order valence-electron chi connectivity index (χ2n) is 11.1. The average molecular weight is 641 g/mol. The van der Waals surface area contributed by atoms with Crippen LogP contribution in [0.5, 0.6) is 5.88 Å². The van der Waals surface area contributed by atoms with E-state index in [9.17, 15) is 23.1 Å². The number of carbonyl (C=O) groups is 2. The zero-order valence-corrected chi connectivity index (χ0v) is 26.5. The molecule has 1 aliphatic carbocycles. The topological polar surface area (TPSA) is 167 Å². The number of hydrogen-bond donors (Lipinski definition) is 3. The van der Waals surface area contributed by atoms with E-state index in [1.807, 2.05) is 0 Å². The first-order chi connectivity index (χ1) is 21.0. The molecule has 3 N–H and O–H groups in total. The van der Waals surface area contributed by atoms with Gasteiger partial charge in [0.25, 0.3) is 0 Å². The summed E-state index contributed by atoms with van der Waals surface area (Å²) in [7, 11) is -2.56. The molecule has 3 aromatic heterocycles. The number of aliphatic carboxylic acids is 1. The molecule has 234 valence electrons. The van der Waals surface area contributed by atoms with Gasteiger partial charge in [-0.15, -0.1) is 0 Å². The number of nitrogens with zero attached hydrogens (tertiary/aromatic N) is 4. The van der Waals surface area contributed by atoms with Gasteiger partial charge in [0.15, 0.2) is 5.13 Å². The standard InChI is InChI=1S/C30H36N6O6S2/c1-18-16-25(35-34-18)19(2)36(15-14-27(37)38)44(40,41)22-10-8-21(9-11-22)23(17-20-6-4-5-7-20)28(39)33-30-31-24-12-13-26(42-3)32-29(24)43-30/h8-13,16,19-20,23H,4-7,14-15,17H2,1-3H3,(H,34,35)(H,37,38)(H,31,33,39). The molecular weight excluding hydrogens is 605 g/mol. The maximum Gasteiger partial charge on any atom is 0.304 e. The van der Waals surface area contributed by atoms with Crippen molar-refractivity contribution in [2.75, 3.05) is 19.0 Å². The third kappa shape index (κ3) is 7.08. The Morgan fingerprint density at radius 2 is 1.89 bits per heavy atom. The number of carboxylic acid groups (broad SMARTS) is 1. The van der Waals surface area contributed by atoms with E-state index in [1.54, 1.807) is 44.2 Å².